The summed E-state index contributed by atoms with van der Waals surface area (Å²) in [4.78, 5) is 3.43. The largest absolute Gasteiger partial charge is 0.450 e. The van der Waals surface area contributed by atoms with Crippen LogP contribution in [0.3, 0.4) is 0 Å². The summed E-state index contributed by atoms with van der Waals surface area (Å²) >= 11 is 0. The van der Waals surface area contributed by atoms with Crippen LogP contribution in [0.4, 0.5) is 22.0 Å². The Kier molecular flexibility index (Phi) is 3.79. The van der Waals surface area contributed by atoms with Gasteiger partial charge in [-0.15, -0.1) is 0 Å². The molecule has 3 nitrogen and oxygen atoms in total. The average Bonchev–Trinajstić information content (AvgIpc) is 2.91. The smallest absolute Gasteiger partial charge is 0.392 e. The molecule has 0 saturated carbocycles. The van der Waals surface area contributed by atoms with Crippen molar-refractivity contribution >= 4 is 11.0 Å². The lowest BCUT2D eigenvalue weighted by molar-refractivity contribution is -0.145. The molecular weight excluding hydrogens is 331 g/mol. The quantitative estimate of drug-likeness (QED) is 0.712. The van der Waals surface area contributed by atoms with Crippen LogP contribution in [0.5, 0.6) is 0 Å². The van der Waals surface area contributed by atoms with Crippen LogP contribution in [0.1, 0.15) is 17.0 Å². The molecule has 8 heteroatoms. The summed E-state index contributed by atoms with van der Waals surface area (Å²) in [6.45, 7) is 1.09. The number of fused-ring (bicyclic) bond motifs is 1. The van der Waals surface area contributed by atoms with Gasteiger partial charge in [0.05, 0.1) is 17.8 Å². The van der Waals surface area contributed by atoms with Crippen LogP contribution in [0, 0.1) is 18.6 Å². The summed E-state index contributed by atoms with van der Waals surface area (Å²) in [7, 11) is 0. The normalized spacial score (nSPS) is 12.1. The van der Waals surface area contributed by atoms with E-state index in [1.165, 1.54) is 25.1 Å². The molecule has 1 N–H and O–H groups in total. The predicted molar refractivity (Wildman–Crippen MR) is 76.6 cm³/mol. The van der Waals surface area contributed by atoms with Gasteiger partial charge in [0.15, 0.2) is 11.6 Å². The average molecular weight is 342 g/mol. The first-order valence-corrected chi connectivity index (χ1v) is 6.89. The van der Waals surface area contributed by atoms with E-state index in [9.17, 15) is 27.1 Å². The number of benzene rings is 2. The van der Waals surface area contributed by atoms with Gasteiger partial charge in [0.25, 0.3) is 0 Å². The van der Waals surface area contributed by atoms with Gasteiger partial charge < -0.3 is 5.11 Å². The Morgan fingerprint density at radius 2 is 1.83 bits per heavy atom. The summed E-state index contributed by atoms with van der Waals surface area (Å²) in [5, 5.41) is 9.30. The number of hydrogen-bond donors (Lipinski definition) is 1. The molecule has 1 heterocycles. The number of aromatic nitrogens is 2. The molecule has 0 aliphatic heterocycles. The van der Waals surface area contributed by atoms with Crippen molar-refractivity contribution in [1.82, 2.24) is 9.55 Å². The second kappa shape index (κ2) is 5.55. The fraction of sp³-hybridized carbons (Fsp3) is 0.188. The lowest BCUT2D eigenvalue weighted by atomic mass is 10.1. The maximum absolute atomic E-state index is 14.2. The Hall–Kier alpha value is -2.48. The Morgan fingerprint density at radius 1 is 1.12 bits per heavy atom. The summed E-state index contributed by atoms with van der Waals surface area (Å²) < 4.78 is 68.4. The van der Waals surface area contributed by atoms with Gasteiger partial charge in [-0.3, -0.25) is 4.57 Å². The van der Waals surface area contributed by atoms with Crippen molar-refractivity contribution in [3.05, 3.63) is 58.9 Å². The van der Waals surface area contributed by atoms with Gasteiger partial charge in [-0.1, -0.05) is 12.1 Å². The first-order chi connectivity index (χ1) is 11.3. The SMILES string of the molecule is Cc1c(CO)cccc1-n1c(C(F)(F)F)nc2ccc(F)c(F)c21. The molecule has 2 aromatic carbocycles. The standard InChI is InChI=1S/C16H11F5N2O/c1-8-9(7-24)3-2-4-12(8)23-14-11(6-5-10(17)13(14)18)22-15(23)16(19,20)21/h2-6,24H,7H2,1H3. The maximum Gasteiger partial charge on any atom is 0.450 e. The van der Waals surface area contributed by atoms with Crippen LogP contribution in [-0.4, -0.2) is 14.7 Å². The molecule has 1 aromatic heterocycles. The molecule has 0 saturated heterocycles. The molecule has 24 heavy (non-hydrogen) atoms. The molecule has 126 valence electrons. The van der Waals surface area contributed by atoms with Crippen LogP contribution in [0.15, 0.2) is 30.3 Å². The first-order valence-electron chi connectivity index (χ1n) is 6.89. The number of nitrogens with zero attached hydrogens (tertiary/aromatic N) is 2. The highest BCUT2D eigenvalue weighted by molar-refractivity contribution is 5.79. The first kappa shape index (κ1) is 16.4. The summed E-state index contributed by atoms with van der Waals surface area (Å²) in [5.41, 5.74) is -0.246. The Morgan fingerprint density at radius 3 is 2.46 bits per heavy atom. The lowest BCUT2D eigenvalue weighted by Crippen LogP contribution is -2.15. The van der Waals surface area contributed by atoms with E-state index in [2.05, 4.69) is 4.98 Å². The van der Waals surface area contributed by atoms with Gasteiger partial charge in [0, 0.05) is 0 Å². The minimum Gasteiger partial charge on any atom is -0.392 e. The molecule has 0 aliphatic rings. The molecule has 0 amide bonds. The Labute approximate surface area is 133 Å². The van der Waals surface area contributed by atoms with Crippen molar-refractivity contribution in [3.63, 3.8) is 0 Å². The van der Waals surface area contributed by atoms with E-state index in [0.29, 0.717) is 15.7 Å². The topological polar surface area (TPSA) is 38.0 Å². The summed E-state index contributed by atoms with van der Waals surface area (Å²) in [5.74, 6) is -4.04. The molecule has 0 spiro atoms. The molecule has 0 radical (unpaired) electrons. The third kappa shape index (κ3) is 2.43. The molecule has 3 aromatic rings. The van der Waals surface area contributed by atoms with E-state index in [4.69, 9.17) is 0 Å². The summed E-state index contributed by atoms with van der Waals surface area (Å²) in [6.07, 6.45) is -4.87. The highest BCUT2D eigenvalue weighted by Crippen LogP contribution is 2.36. The van der Waals surface area contributed by atoms with Gasteiger partial charge in [0.2, 0.25) is 5.82 Å². The maximum atomic E-state index is 14.2. The number of halogens is 5. The molecule has 0 fully saturated rings. The van der Waals surface area contributed by atoms with Gasteiger partial charge >= 0.3 is 6.18 Å². The molecule has 0 unspecified atom stereocenters. The zero-order valence-corrected chi connectivity index (χ0v) is 12.3. The van der Waals surface area contributed by atoms with Crippen molar-refractivity contribution < 1.29 is 27.1 Å². The van der Waals surface area contributed by atoms with E-state index in [1.54, 1.807) is 0 Å². The van der Waals surface area contributed by atoms with E-state index < -0.39 is 35.8 Å². The third-order valence-electron chi connectivity index (χ3n) is 3.79. The van der Waals surface area contributed by atoms with Crippen molar-refractivity contribution in [3.8, 4) is 5.69 Å². The van der Waals surface area contributed by atoms with E-state index >= 15 is 0 Å². The second-order valence-electron chi connectivity index (χ2n) is 5.22. The van der Waals surface area contributed by atoms with Crippen LogP contribution in [0.25, 0.3) is 16.7 Å². The molecule has 3 rings (SSSR count). The van der Waals surface area contributed by atoms with Crippen molar-refractivity contribution in [2.75, 3.05) is 0 Å². The van der Waals surface area contributed by atoms with Crippen molar-refractivity contribution in [1.29, 1.82) is 0 Å². The van der Waals surface area contributed by atoms with Crippen LogP contribution < -0.4 is 0 Å². The number of imidazole rings is 1. The Balaban J connectivity index is 2.48. The fourth-order valence-electron chi connectivity index (χ4n) is 2.61. The van der Waals surface area contributed by atoms with E-state index in [1.807, 2.05) is 0 Å². The van der Waals surface area contributed by atoms with Crippen LogP contribution in [-0.2, 0) is 12.8 Å². The fourth-order valence-corrected chi connectivity index (χ4v) is 2.61. The van der Waals surface area contributed by atoms with Crippen LogP contribution >= 0.6 is 0 Å². The van der Waals surface area contributed by atoms with Crippen molar-refractivity contribution in [2.45, 2.75) is 19.7 Å². The van der Waals surface area contributed by atoms with Gasteiger partial charge in [-0.2, -0.15) is 13.2 Å². The number of rotatable bonds is 2. The predicted octanol–water partition coefficient (Wildman–Crippen LogP) is 4.12. The highest BCUT2D eigenvalue weighted by atomic mass is 19.4. The lowest BCUT2D eigenvalue weighted by Gasteiger charge is -2.16. The Bertz CT molecular complexity index is 930. The van der Waals surface area contributed by atoms with Crippen molar-refractivity contribution in [2.24, 2.45) is 0 Å². The van der Waals surface area contributed by atoms with Crippen LogP contribution in [0.2, 0.25) is 0 Å². The molecular formula is C16H11F5N2O. The molecule has 0 aliphatic carbocycles. The van der Waals surface area contributed by atoms with E-state index in [-0.39, 0.29) is 11.2 Å². The van der Waals surface area contributed by atoms with E-state index in [0.717, 1.165) is 12.1 Å². The second-order valence-corrected chi connectivity index (χ2v) is 5.22. The minimum absolute atomic E-state index is 0.0270. The number of alkyl halides is 3. The van der Waals surface area contributed by atoms with Gasteiger partial charge in [-0.05, 0) is 36.2 Å². The number of hydrogen-bond acceptors (Lipinski definition) is 2. The highest BCUT2D eigenvalue weighted by Gasteiger charge is 2.39. The third-order valence-corrected chi connectivity index (χ3v) is 3.79. The molecule has 0 bridgehead atoms. The van der Waals surface area contributed by atoms with Gasteiger partial charge in [-0.25, -0.2) is 13.8 Å². The number of aliphatic hydroxyl groups is 1. The molecule has 0 atom stereocenters. The summed E-state index contributed by atoms with van der Waals surface area (Å²) in [6, 6.07) is 6.01. The zero-order valence-electron chi connectivity index (χ0n) is 12.3. The minimum atomic E-state index is -4.87. The number of aliphatic hydroxyl groups excluding tert-OH is 1. The monoisotopic (exact) mass is 342 g/mol. The zero-order chi connectivity index (χ0) is 17.6. The van der Waals surface area contributed by atoms with Gasteiger partial charge in [0.1, 0.15) is 5.52 Å².